The topological polar surface area (TPSA) is 119 Å². The van der Waals surface area contributed by atoms with Crippen LogP contribution in [0.15, 0.2) is 55.6 Å². The third kappa shape index (κ3) is 5.33. The molecule has 0 amide bonds. The molecule has 10 nitrogen and oxygen atoms in total. The molecule has 0 aliphatic heterocycles. The molecular formula is C23H25N9O. The van der Waals surface area contributed by atoms with Crippen LogP contribution in [0.2, 0.25) is 0 Å². The molecule has 0 fully saturated rings. The van der Waals surface area contributed by atoms with Crippen LogP contribution in [0, 0.1) is 11.3 Å². The van der Waals surface area contributed by atoms with E-state index < -0.39 is 0 Å². The summed E-state index contributed by atoms with van der Waals surface area (Å²) in [4.78, 5) is 12.8. The molecule has 0 saturated heterocycles. The average Bonchev–Trinajstić information content (AvgIpc) is 3.51. The molecule has 3 heterocycles. The summed E-state index contributed by atoms with van der Waals surface area (Å²) in [5, 5.41) is 21.1. The minimum absolute atomic E-state index is 0.149. The smallest absolute Gasteiger partial charge is 0.227 e. The van der Waals surface area contributed by atoms with Crippen LogP contribution in [0.1, 0.15) is 38.8 Å². The number of nitriles is 1. The number of hydrogen-bond acceptors (Lipinski definition) is 8. The fourth-order valence-corrected chi connectivity index (χ4v) is 3.21. The predicted molar refractivity (Wildman–Crippen MR) is 123 cm³/mol. The van der Waals surface area contributed by atoms with Gasteiger partial charge in [-0.3, -0.25) is 4.68 Å². The van der Waals surface area contributed by atoms with Crippen molar-refractivity contribution in [3.05, 3.63) is 61.2 Å². The molecule has 4 rings (SSSR count). The Morgan fingerprint density at radius 3 is 2.58 bits per heavy atom. The Balaban J connectivity index is 1.50. The highest BCUT2D eigenvalue weighted by molar-refractivity contribution is 5.66. The van der Waals surface area contributed by atoms with Crippen molar-refractivity contribution in [2.75, 3.05) is 5.32 Å². The van der Waals surface area contributed by atoms with E-state index in [1.54, 1.807) is 35.7 Å². The average molecular weight is 444 g/mol. The van der Waals surface area contributed by atoms with E-state index in [0.29, 0.717) is 23.8 Å². The number of aromatic nitrogens is 7. The van der Waals surface area contributed by atoms with E-state index in [1.807, 2.05) is 29.9 Å². The minimum atomic E-state index is -0.149. The lowest BCUT2D eigenvalue weighted by molar-refractivity contribution is 0.170. The van der Waals surface area contributed by atoms with E-state index in [4.69, 9.17) is 4.74 Å². The van der Waals surface area contributed by atoms with Crippen LogP contribution in [0.25, 0.3) is 11.1 Å². The van der Waals surface area contributed by atoms with Gasteiger partial charge in [-0.1, -0.05) is 13.0 Å². The van der Waals surface area contributed by atoms with Gasteiger partial charge in [0.2, 0.25) is 5.95 Å². The van der Waals surface area contributed by atoms with Gasteiger partial charge in [-0.15, -0.1) is 0 Å². The molecule has 0 radical (unpaired) electrons. The number of rotatable bonds is 9. The summed E-state index contributed by atoms with van der Waals surface area (Å²) in [6.45, 7) is 6.70. The second kappa shape index (κ2) is 9.91. The van der Waals surface area contributed by atoms with Crippen LogP contribution in [-0.4, -0.2) is 40.6 Å². The summed E-state index contributed by atoms with van der Waals surface area (Å²) < 4.78 is 9.75. The molecular weight excluding hydrogens is 418 g/mol. The standard InChI is InChI=1S/C23H25N9O/c1-4-21(13-31-15-25-14-29-31)33-22-7-17(5-6-18(22)8-24)19-9-26-23(27-10-19)30-20-11-28-32(12-20)16(2)3/h5-7,9-12,14-16,21H,4,13H2,1-3H3,(H,26,27,30). The van der Waals surface area contributed by atoms with Gasteiger partial charge in [0.15, 0.2) is 0 Å². The van der Waals surface area contributed by atoms with Crippen LogP contribution in [-0.2, 0) is 6.54 Å². The maximum absolute atomic E-state index is 9.54. The first-order valence-corrected chi connectivity index (χ1v) is 10.7. The van der Waals surface area contributed by atoms with Crippen molar-refractivity contribution < 1.29 is 4.74 Å². The van der Waals surface area contributed by atoms with Crippen molar-refractivity contribution in [2.45, 2.75) is 45.9 Å². The molecule has 10 heteroatoms. The molecule has 1 aromatic carbocycles. The minimum Gasteiger partial charge on any atom is -0.487 e. The van der Waals surface area contributed by atoms with Gasteiger partial charge in [0.1, 0.15) is 30.6 Å². The molecule has 0 saturated carbocycles. The fourth-order valence-electron chi connectivity index (χ4n) is 3.21. The Hall–Kier alpha value is -4.26. The fraction of sp³-hybridized carbons (Fsp3) is 0.304. The van der Waals surface area contributed by atoms with Crippen molar-refractivity contribution in [2.24, 2.45) is 0 Å². The number of anilines is 2. The van der Waals surface area contributed by atoms with Crippen LogP contribution in [0.5, 0.6) is 5.75 Å². The SMILES string of the molecule is CCC(Cn1cncn1)Oc1cc(-c2cnc(Nc3cnn(C(C)C)c3)nc2)ccc1C#N. The normalized spacial score (nSPS) is 11.8. The molecule has 4 aromatic rings. The number of benzene rings is 1. The summed E-state index contributed by atoms with van der Waals surface area (Å²) in [5.74, 6) is 0.997. The van der Waals surface area contributed by atoms with Crippen molar-refractivity contribution in [1.82, 2.24) is 34.5 Å². The van der Waals surface area contributed by atoms with Crippen molar-refractivity contribution in [3.63, 3.8) is 0 Å². The molecule has 0 aliphatic carbocycles. The van der Waals surface area contributed by atoms with Crippen molar-refractivity contribution >= 4 is 11.6 Å². The van der Waals surface area contributed by atoms with Gasteiger partial charge in [0.25, 0.3) is 0 Å². The van der Waals surface area contributed by atoms with Crippen LogP contribution < -0.4 is 10.1 Å². The molecule has 1 unspecified atom stereocenters. The van der Waals surface area contributed by atoms with Gasteiger partial charge in [0.05, 0.1) is 24.0 Å². The molecule has 0 spiro atoms. The number of nitrogens with one attached hydrogen (secondary N) is 1. The highest BCUT2D eigenvalue weighted by Gasteiger charge is 2.14. The Morgan fingerprint density at radius 2 is 1.94 bits per heavy atom. The molecule has 0 bridgehead atoms. The van der Waals surface area contributed by atoms with Crippen LogP contribution in [0.4, 0.5) is 11.6 Å². The summed E-state index contributed by atoms with van der Waals surface area (Å²) in [6, 6.07) is 7.94. The molecule has 33 heavy (non-hydrogen) atoms. The zero-order valence-corrected chi connectivity index (χ0v) is 18.8. The zero-order valence-electron chi connectivity index (χ0n) is 18.8. The Morgan fingerprint density at radius 1 is 1.12 bits per heavy atom. The first-order chi connectivity index (χ1) is 16.1. The number of ether oxygens (including phenoxy) is 1. The van der Waals surface area contributed by atoms with Gasteiger partial charge in [-0.2, -0.15) is 15.5 Å². The van der Waals surface area contributed by atoms with E-state index in [-0.39, 0.29) is 12.1 Å². The second-order valence-corrected chi connectivity index (χ2v) is 7.81. The first kappa shape index (κ1) is 22.0. The highest BCUT2D eigenvalue weighted by Crippen LogP contribution is 2.28. The van der Waals surface area contributed by atoms with Gasteiger partial charge in [-0.05, 0) is 38.0 Å². The lowest BCUT2D eigenvalue weighted by atomic mass is 10.1. The van der Waals surface area contributed by atoms with E-state index in [1.165, 1.54) is 6.33 Å². The Bertz CT molecular complexity index is 1220. The van der Waals surface area contributed by atoms with Crippen molar-refractivity contribution in [1.29, 1.82) is 5.26 Å². The maximum atomic E-state index is 9.54. The summed E-state index contributed by atoms with van der Waals surface area (Å²) >= 11 is 0. The van der Waals surface area contributed by atoms with E-state index in [2.05, 4.69) is 50.4 Å². The summed E-state index contributed by atoms with van der Waals surface area (Å²) in [6.07, 6.45) is 10.9. The summed E-state index contributed by atoms with van der Waals surface area (Å²) in [7, 11) is 0. The lowest BCUT2D eigenvalue weighted by Crippen LogP contribution is -2.23. The first-order valence-electron chi connectivity index (χ1n) is 10.7. The third-order valence-corrected chi connectivity index (χ3v) is 5.08. The third-order valence-electron chi connectivity index (χ3n) is 5.08. The second-order valence-electron chi connectivity index (χ2n) is 7.81. The van der Waals surface area contributed by atoms with Crippen molar-refractivity contribution in [3.8, 4) is 22.9 Å². The lowest BCUT2D eigenvalue weighted by Gasteiger charge is -2.19. The number of hydrogen-bond donors (Lipinski definition) is 1. The Labute approximate surface area is 191 Å². The molecule has 3 aromatic heterocycles. The Kier molecular flexibility index (Phi) is 6.59. The molecule has 1 N–H and O–H groups in total. The van der Waals surface area contributed by atoms with Gasteiger partial charge in [-0.25, -0.2) is 19.6 Å². The molecule has 168 valence electrons. The monoisotopic (exact) mass is 443 g/mol. The highest BCUT2D eigenvalue weighted by atomic mass is 16.5. The van der Waals surface area contributed by atoms with Gasteiger partial charge < -0.3 is 10.1 Å². The van der Waals surface area contributed by atoms with Gasteiger partial charge in [0, 0.05) is 30.2 Å². The summed E-state index contributed by atoms with van der Waals surface area (Å²) in [5.41, 5.74) is 2.97. The predicted octanol–water partition coefficient (Wildman–Crippen LogP) is 3.99. The number of nitrogens with zero attached hydrogens (tertiary/aromatic N) is 8. The quantitative estimate of drug-likeness (QED) is 0.412. The van der Waals surface area contributed by atoms with Gasteiger partial charge >= 0.3 is 0 Å². The molecule has 0 aliphatic rings. The van der Waals surface area contributed by atoms with E-state index >= 15 is 0 Å². The largest absolute Gasteiger partial charge is 0.487 e. The van der Waals surface area contributed by atoms with Crippen LogP contribution in [0.3, 0.4) is 0 Å². The van der Waals surface area contributed by atoms with Crippen LogP contribution >= 0.6 is 0 Å². The van der Waals surface area contributed by atoms with E-state index in [0.717, 1.165) is 23.2 Å². The molecule has 1 atom stereocenters. The zero-order chi connectivity index (χ0) is 23.2. The van der Waals surface area contributed by atoms with E-state index in [9.17, 15) is 5.26 Å². The maximum Gasteiger partial charge on any atom is 0.227 e.